The first-order valence-electron chi connectivity index (χ1n) is 10.7. The molecule has 0 radical (unpaired) electrons. The molecule has 3 heterocycles. The molecule has 32 heavy (non-hydrogen) atoms. The molecule has 0 aliphatic carbocycles. The largest absolute Gasteiger partial charge is 0.493 e. The van der Waals surface area contributed by atoms with Crippen molar-refractivity contribution >= 4 is 17.2 Å². The third kappa shape index (κ3) is 5.11. The topological polar surface area (TPSA) is 95.6 Å². The van der Waals surface area contributed by atoms with Crippen molar-refractivity contribution in [3.8, 4) is 28.1 Å². The number of anilines is 1. The number of benzene rings is 1. The molecule has 4 rings (SSSR count). The first kappa shape index (κ1) is 22.3. The third-order valence-corrected chi connectivity index (χ3v) is 6.41. The van der Waals surface area contributed by atoms with Crippen molar-refractivity contribution in [1.29, 1.82) is 0 Å². The number of hydrogen-bond acceptors (Lipinski definition) is 9. The van der Waals surface area contributed by atoms with Crippen molar-refractivity contribution in [2.75, 3.05) is 39.1 Å². The number of nitrogen functional groups attached to an aromatic ring is 1. The Balaban J connectivity index is 1.51. The average Bonchev–Trinajstić information content (AvgIpc) is 3.10. The molecule has 1 aliphatic rings. The molecule has 1 saturated heterocycles. The van der Waals surface area contributed by atoms with Crippen LogP contribution in [0.5, 0.6) is 17.5 Å². The molecule has 8 nitrogen and oxygen atoms in total. The standard InChI is InChI=1S/C23H29N5O3S/c1-14-12-20(24)26-23(25-14)31-15(2)21-16(3)32-22(27-21)17-6-7-18(29-4)19(13-17)30-11-10-28-8-5-9-28/h6-7,12-13,15H,5,8-11H2,1-4H3,(H2,24,25,26)/t15-/m0/s1. The SMILES string of the molecule is COc1ccc(-c2nc([C@H](C)Oc3nc(C)cc(N)n3)c(C)s2)cc1OCCN1CCC1. The Morgan fingerprint density at radius 3 is 2.62 bits per heavy atom. The van der Waals surface area contributed by atoms with Gasteiger partial charge in [-0.3, -0.25) is 4.90 Å². The molecular weight excluding hydrogens is 426 g/mol. The summed E-state index contributed by atoms with van der Waals surface area (Å²) in [5.41, 5.74) is 8.40. The van der Waals surface area contributed by atoms with Crippen molar-refractivity contribution in [3.05, 3.63) is 40.5 Å². The Bertz CT molecular complexity index is 1060. The molecule has 3 aromatic rings. The van der Waals surface area contributed by atoms with Gasteiger partial charge in [0.2, 0.25) is 0 Å². The van der Waals surface area contributed by atoms with Crippen molar-refractivity contribution < 1.29 is 14.2 Å². The summed E-state index contributed by atoms with van der Waals surface area (Å²) < 4.78 is 17.5. The summed E-state index contributed by atoms with van der Waals surface area (Å²) in [6.07, 6.45) is 0.961. The number of thiazole rings is 1. The summed E-state index contributed by atoms with van der Waals surface area (Å²) in [6, 6.07) is 7.88. The van der Waals surface area contributed by atoms with E-state index >= 15 is 0 Å². The van der Waals surface area contributed by atoms with Gasteiger partial charge in [-0.05, 0) is 58.5 Å². The van der Waals surface area contributed by atoms with Crippen LogP contribution in [-0.2, 0) is 0 Å². The zero-order valence-corrected chi connectivity index (χ0v) is 19.7. The maximum atomic E-state index is 6.04. The minimum Gasteiger partial charge on any atom is -0.493 e. The van der Waals surface area contributed by atoms with Gasteiger partial charge in [-0.15, -0.1) is 11.3 Å². The normalized spacial score (nSPS) is 14.6. The van der Waals surface area contributed by atoms with Crippen molar-refractivity contribution in [2.45, 2.75) is 33.3 Å². The van der Waals surface area contributed by atoms with Crippen molar-refractivity contribution in [2.24, 2.45) is 0 Å². The van der Waals surface area contributed by atoms with Gasteiger partial charge in [0.05, 0.1) is 12.8 Å². The number of nitrogens with zero attached hydrogens (tertiary/aromatic N) is 4. The molecule has 2 aromatic heterocycles. The Hall–Kier alpha value is -2.91. The van der Waals surface area contributed by atoms with E-state index in [0.717, 1.165) is 58.0 Å². The Labute approximate surface area is 192 Å². The lowest BCUT2D eigenvalue weighted by molar-refractivity contribution is 0.145. The average molecular weight is 456 g/mol. The number of aryl methyl sites for hydroxylation is 2. The molecule has 1 fully saturated rings. The van der Waals surface area contributed by atoms with Crippen LogP contribution in [0.4, 0.5) is 5.82 Å². The molecule has 1 atom stereocenters. The zero-order chi connectivity index (χ0) is 22.7. The molecule has 0 bridgehead atoms. The van der Waals surface area contributed by atoms with Crippen molar-refractivity contribution in [1.82, 2.24) is 19.9 Å². The molecule has 2 N–H and O–H groups in total. The Kier molecular flexibility index (Phi) is 6.76. The first-order chi connectivity index (χ1) is 15.4. The van der Waals surface area contributed by atoms with E-state index in [0.29, 0.717) is 12.4 Å². The lowest BCUT2D eigenvalue weighted by atomic mass is 10.2. The van der Waals surface area contributed by atoms with E-state index in [1.165, 1.54) is 6.42 Å². The van der Waals surface area contributed by atoms with E-state index in [9.17, 15) is 0 Å². The molecule has 1 aromatic carbocycles. The van der Waals surface area contributed by atoms with Crippen LogP contribution in [0.3, 0.4) is 0 Å². The van der Waals surface area contributed by atoms with Gasteiger partial charge in [-0.1, -0.05) is 0 Å². The molecule has 0 unspecified atom stereocenters. The highest BCUT2D eigenvalue weighted by atomic mass is 32.1. The minimum absolute atomic E-state index is 0.256. The van der Waals surface area contributed by atoms with Gasteiger partial charge in [-0.25, -0.2) is 9.97 Å². The highest BCUT2D eigenvalue weighted by Gasteiger charge is 2.20. The van der Waals surface area contributed by atoms with E-state index in [4.69, 9.17) is 24.9 Å². The van der Waals surface area contributed by atoms with Gasteiger partial charge < -0.3 is 19.9 Å². The summed E-state index contributed by atoms with van der Waals surface area (Å²) in [5.74, 6) is 1.83. The number of likely N-dealkylation sites (tertiary alicyclic amines) is 1. The monoisotopic (exact) mass is 455 g/mol. The predicted molar refractivity (Wildman–Crippen MR) is 126 cm³/mol. The fourth-order valence-corrected chi connectivity index (χ4v) is 4.55. The van der Waals surface area contributed by atoms with Crippen LogP contribution in [0, 0.1) is 13.8 Å². The van der Waals surface area contributed by atoms with Gasteiger partial charge in [0, 0.05) is 28.7 Å². The van der Waals surface area contributed by atoms with Crippen molar-refractivity contribution in [3.63, 3.8) is 0 Å². The first-order valence-corrected chi connectivity index (χ1v) is 11.5. The second-order valence-corrected chi connectivity index (χ2v) is 9.05. The van der Waals surface area contributed by atoms with Gasteiger partial charge >= 0.3 is 6.01 Å². The molecule has 170 valence electrons. The van der Waals surface area contributed by atoms with Gasteiger partial charge in [0.1, 0.15) is 23.5 Å². The second kappa shape index (κ2) is 9.70. The van der Waals surface area contributed by atoms with Crippen LogP contribution >= 0.6 is 11.3 Å². The summed E-state index contributed by atoms with van der Waals surface area (Å²) in [7, 11) is 1.65. The summed E-state index contributed by atoms with van der Waals surface area (Å²) in [4.78, 5) is 16.8. The third-order valence-electron chi connectivity index (χ3n) is 5.38. The molecule has 9 heteroatoms. The second-order valence-electron chi connectivity index (χ2n) is 7.85. The quantitative estimate of drug-likeness (QED) is 0.517. The molecule has 0 spiro atoms. The van der Waals surface area contributed by atoms with Gasteiger partial charge in [0.15, 0.2) is 11.5 Å². The van der Waals surface area contributed by atoms with Crippen LogP contribution in [-0.4, -0.2) is 53.2 Å². The molecular formula is C23H29N5O3S. The van der Waals surface area contributed by atoms with Gasteiger partial charge in [0.25, 0.3) is 0 Å². The van der Waals surface area contributed by atoms with E-state index < -0.39 is 0 Å². The van der Waals surface area contributed by atoms with E-state index in [1.807, 2.05) is 39.0 Å². The maximum Gasteiger partial charge on any atom is 0.319 e. The van der Waals surface area contributed by atoms with Crippen LogP contribution in [0.25, 0.3) is 10.6 Å². The van der Waals surface area contributed by atoms with E-state index in [-0.39, 0.29) is 12.1 Å². The lowest BCUT2D eigenvalue weighted by Crippen LogP contribution is -2.39. The van der Waals surface area contributed by atoms with Gasteiger partial charge in [-0.2, -0.15) is 4.98 Å². The number of nitrogens with two attached hydrogens (primary N) is 1. The number of hydrogen-bond donors (Lipinski definition) is 1. The minimum atomic E-state index is -0.313. The predicted octanol–water partition coefficient (Wildman–Crippen LogP) is 4.03. The Morgan fingerprint density at radius 2 is 1.94 bits per heavy atom. The number of methoxy groups -OCH3 is 1. The summed E-state index contributed by atoms with van der Waals surface area (Å²) in [6.45, 7) is 9.70. The number of rotatable bonds is 9. The Morgan fingerprint density at radius 1 is 1.12 bits per heavy atom. The smallest absolute Gasteiger partial charge is 0.319 e. The highest BCUT2D eigenvalue weighted by molar-refractivity contribution is 7.15. The summed E-state index contributed by atoms with van der Waals surface area (Å²) in [5, 5.41) is 0.896. The van der Waals surface area contributed by atoms with Crippen LogP contribution in [0.1, 0.15) is 35.7 Å². The highest BCUT2D eigenvalue weighted by Crippen LogP contribution is 2.36. The fraction of sp³-hybridized carbons (Fsp3) is 0.435. The van der Waals surface area contributed by atoms with Crippen LogP contribution in [0.15, 0.2) is 24.3 Å². The molecule has 0 saturated carbocycles. The van der Waals surface area contributed by atoms with Crippen LogP contribution in [0.2, 0.25) is 0 Å². The molecule has 1 aliphatic heterocycles. The zero-order valence-electron chi connectivity index (χ0n) is 18.9. The maximum absolute atomic E-state index is 6.04. The van der Waals surface area contributed by atoms with E-state index in [1.54, 1.807) is 24.5 Å². The number of aromatic nitrogens is 3. The summed E-state index contributed by atoms with van der Waals surface area (Å²) >= 11 is 1.62. The fourth-order valence-electron chi connectivity index (χ4n) is 3.55. The number of ether oxygens (including phenoxy) is 3. The lowest BCUT2D eigenvalue weighted by Gasteiger charge is -2.30. The van der Waals surface area contributed by atoms with Crippen LogP contribution < -0.4 is 19.9 Å². The van der Waals surface area contributed by atoms with E-state index in [2.05, 4.69) is 14.9 Å². The molecule has 0 amide bonds.